The molecule has 0 saturated heterocycles. The lowest BCUT2D eigenvalue weighted by atomic mass is 10.1. The molecule has 0 atom stereocenters. The van der Waals surface area contributed by atoms with Crippen molar-refractivity contribution in [1.82, 2.24) is 19.8 Å². The van der Waals surface area contributed by atoms with Crippen molar-refractivity contribution < 1.29 is 9.18 Å². The van der Waals surface area contributed by atoms with Crippen molar-refractivity contribution in [1.29, 1.82) is 0 Å². The van der Waals surface area contributed by atoms with Crippen LogP contribution in [0.1, 0.15) is 21.7 Å². The number of likely N-dealkylation sites (N-methyl/N-ethyl adjacent to an activating group) is 1. The number of halogens is 2. The zero-order valence-electron chi connectivity index (χ0n) is 13.4. The average Bonchev–Trinajstić information content (AvgIpc) is 2.90. The number of carbonyl (C=O) groups excluding carboxylic acids is 1. The Kier molecular flexibility index (Phi) is 5.74. The Bertz CT molecular complexity index is 686. The number of aromatic amines is 1. The maximum atomic E-state index is 14.0. The lowest BCUT2D eigenvalue weighted by Gasteiger charge is -2.24. The van der Waals surface area contributed by atoms with E-state index in [1.54, 1.807) is 11.2 Å². The smallest absolute Gasteiger partial charge is 0.257 e. The molecule has 0 saturated carbocycles. The van der Waals surface area contributed by atoms with Crippen LogP contribution in [0, 0.1) is 12.7 Å². The summed E-state index contributed by atoms with van der Waals surface area (Å²) in [5.41, 5.74) is 1.63. The van der Waals surface area contributed by atoms with Gasteiger partial charge in [0.2, 0.25) is 0 Å². The molecule has 0 unspecified atom stereocenters. The van der Waals surface area contributed by atoms with E-state index in [1.807, 2.05) is 25.9 Å². The van der Waals surface area contributed by atoms with Gasteiger partial charge in [0.1, 0.15) is 5.82 Å². The van der Waals surface area contributed by atoms with Crippen LogP contribution in [-0.2, 0) is 6.54 Å². The fourth-order valence-corrected chi connectivity index (χ4v) is 2.30. The van der Waals surface area contributed by atoms with E-state index >= 15 is 0 Å². The first-order valence-corrected chi connectivity index (χ1v) is 7.64. The molecule has 1 N–H and O–H groups in total. The molecule has 1 aromatic heterocycles. The highest BCUT2D eigenvalue weighted by atomic mass is 35.5. The van der Waals surface area contributed by atoms with Crippen LogP contribution in [-0.4, -0.2) is 52.9 Å². The molecule has 2 aromatic rings. The SMILES string of the molecule is Cc1[nH]cnc1CN(CCN(C)C)C(=O)c1cc(Cl)ccc1F. The molecule has 0 radical (unpaired) electrons. The Morgan fingerprint density at radius 2 is 2.09 bits per heavy atom. The number of hydrogen-bond donors (Lipinski definition) is 1. The number of nitrogens with zero attached hydrogens (tertiary/aromatic N) is 3. The highest BCUT2D eigenvalue weighted by Gasteiger charge is 2.21. The van der Waals surface area contributed by atoms with Gasteiger partial charge < -0.3 is 14.8 Å². The number of aryl methyl sites for hydroxylation is 1. The lowest BCUT2D eigenvalue weighted by Crippen LogP contribution is -2.37. The summed E-state index contributed by atoms with van der Waals surface area (Å²) in [6.07, 6.45) is 1.58. The van der Waals surface area contributed by atoms with Crippen LogP contribution in [0.5, 0.6) is 0 Å². The molecule has 1 amide bonds. The van der Waals surface area contributed by atoms with Crippen LogP contribution in [0.15, 0.2) is 24.5 Å². The monoisotopic (exact) mass is 338 g/mol. The molecule has 2 rings (SSSR count). The van der Waals surface area contributed by atoms with Gasteiger partial charge in [-0.1, -0.05) is 11.6 Å². The van der Waals surface area contributed by atoms with Gasteiger partial charge in [0.15, 0.2) is 0 Å². The number of aromatic nitrogens is 2. The van der Waals surface area contributed by atoms with Gasteiger partial charge in [-0.3, -0.25) is 4.79 Å². The number of amides is 1. The number of nitrogens with one attached hydrogen (secondary N) is 1. The number of carbonyl (C=O) groups is 1. The van der Waals surface area contributed by atoms with Crippen molar-refractivity contribution in [2.75, 3.05) is 27.2 Å². The standard InChI is InChI=1S/C16H20ClFN4O/c1-11-15(20-10-19-11)9-22(7-6-21(2)3)16(23)13-8-12(17)4-5-14(13)18/h4-5,8,10H,6-7,9H2,1-3H3,(H,19,20). The molecule has 0 aliphatic carbocycles. The van der Waals surface area contributed by atoms with Crippen LogP contribution < -0.4 is 0 Å². The topological polar surface area (TPSA) is 52.2 Å². The third kappa shape index (κ3) is 4.53. The molecular formula is C16H20ClFN4O. The Balaban J connectivity index is 2.26. The number of hydrogen-bond acceptors (Lipinski definition) is 3. The van der Waals surface area contributed by atoms with Gasteiger partial charge in [-0.15, -0.1) is 0 Å². The van der Waals surface area contributed by atoms with Crippen molar-refractivity contribution in [3.8, 4) is 0 Å². The van der Waals surface area contributed by atoms with Crippen LogP contribution in [0.4, 0.5) is 4.39 Å². The summed E-state index contributed by atoms with van der Waals surface area (Å²) < 4.78 is 14.0. The number of H-pyrrole nitrogens is 1. The summed E-state index contributed by atoms with van der Waals surface area (Å²) in [5.74, 6) is -0.970. The summed E-state index contributed by atoms with van der Waals surface area (Å²) in [5, 5.41) is 0.332. The fourth-order valence-electron chi connectivity index (χ4n) is 2.13. The fraction of sp³-hybridized carbons (Fsp3) is 0.375. The number of rotatable bonds is 6. The second-order valence-electron chi connectivity index (χ2n) is 5.63. The van der Waals surface area contributed by atoms with Crippen LogP contribution >= 0.6 is 11.6 Å². The zero-order chi connectivity index (χ0) is 17.0. The molecule has 0 spiro atoms. The predicted octanol–water partition coefficient (Wildman–Crippen LogP) is 2.71. The van der Waals surface area contributed by atoms with Crippen molar-refractivity contribution in [2.45, 2.75) is 13.5 Å². The van der Waals surface area contributed by atoms with E-state index in [2.05, 4.69) is 9.97 Å². The maximum absolute atomic E-state index is 14.0. The van der Waals surface area contributed by atoms with Crippen LogP contribution in [0.2, 0.25) is 5.02 Å². The molecule has 0 fully saturated rings. The quantitative estimate of drug-likeness (QED) is 0.881. The second-order valence-corrected chi connectivity index (χ2v) is 6.06. The van der Waals surface area contributed by atoms with Crippen LogP contribution in [0.3, 0.4) is 0 Å². The average molecular weight is 339 g/mol. The summed E-state index contributed by atoms with van der Waals surface area (Å²) in [6, 6.07) is 3.99. The first-order chi connectivity index (χ1) is 10.9. The molecule has 124 valence electrons. The lowest BCUT2D eigenvalue weighted by molar-refractivity contribution is 0.0725. The Hall–Kier alpha value is -1.92. The van der Waals surface area contributed by atoms with E-state index in [0.29, 0.717) is 24.7 Å². The van der Waals surface area contributed by atoms with E-state index in [9.17, 15) is 9.18 Å². The summed E-state index contributed by atoms with van der Waals surface area (Å²) in [6.45, 7) is 3.33. The van der Waals surface area contributed by atoms with Gasteiger partial charge >= 0.3 is 0 Å². The highest BCUT2D eigenvalue weighted by Crippen LogP contribution is 2.18. The molecule has 0 bridgehead atoms. The normalized spacial score (nSPS) is 11.0. The van der Waals surface area contributed by atoms with Crippen molar-refractivity contribution in [2.24, 2.45) is 0 Å². The van der Waals surface area contributed by atoms with Gasteiger partial charge in [-0.25, -0.2) is 9.37 Å². The largest absolute Gasteiger partial charge is 0.348 e. The van der Waals surface area contributed by atoms with Gasteiger partial charge in [-0.2, -0.15) is 0 Å². The van der Waals surface area contributed by atoms with Crippen molar-refractivity contribution >= 4 is 17.5 Å². The molecule has 1 aromatic carbocycles. The third-order valence-electron chi connectivity index (χ3n) is 3.54. The molecule has 0 aliphatic heterocycles. The molecule has 7 heteroatoms. The molecule has 1 heterocycles. The van der Waals surface area contributed by atoms with E-state index in [0.717, 1.165) is 11.4 Å². The maximum Gasteiger partial charge on any atom is 0.257 e. The van der Waals surface area contributed by atoms with Crippen molar-refractivity contribution in [3.05, 3.63) is 52.3 Å². The second kappa shape index (κ2) is 7.57. The minimum absolute atomic E-state index is 0.0237. The Labute approximate surface area is 140 Å². The van der Waals surface area contributed by atoms with Crippen molar-refractivity contribution in [3.63, 3.8) is 0 Å². The van der Waals surface area contributed by atoms with Gasteiger partial charge in [0.25, 0.3) is 5.91 Å². The van der Waals surface area contributed by atoms with Gasteiger partial charge in [-0.05, 0) is 39.2 Å². The molecule has 23 heavy (non-hydrogen) atoms. The highest BCUT2D eigenvalue weighted by molar-refractivity contribution is 6.31. The first kappa shape index (κ1) is 17.4. The Morgan fingerprint density at radius 1 is 1.35 bits per heavy atom. The van der Waals surface area contributed by atoms with E-state index in [-0.39, 0.29) is 5.56 Å². The first-order valence-electron chi connectivity index (χ1n) is 7.26. The van der Waals surface area contributed by atoms with E-state index < -0.39 is 11.7 Å². The summed E-state index contributed by atoms with van der Waals surface area (Å²) >= 11 is 5.90. The predicted molar refractivity (Wildman–Crippen MR) is 88.0 cm³/mol. The third-order valence-corrected chi connectivity index (χ3v) is 3.77. The number of imidazole rings is 1. The minimum Gasteiger partial charge on any atom is -0.348 e. The minimum atomic E-state index is -0.576. The van der Waals surface area contributed by atoms with E-state index in [4.69, 9.17) is 11.6 Å². The van der Waals surface area contributed by atoms with Crippen LogP contribution in [0.25, 0.3) is 0 Å². The Morgan fingerprint density at radius 3 is 2.70 bits per heavy atom. The number of benzene rings is 1. The molecular weight excluding hydrogens is 319 g/mol. The van der Waals surface area contributed by atoms with Gasteiger partial charge in [0, 0.05) is 23.8 Å². The molecule has 0 aliphatic rings. The molecule has 5 nitrogen and oxygen atoms in total. The van der Waals surface area contributed by atoms with E-state index in [1.165, 1.54) is 18.2 Å². The summed E-state index contributed by atoms with van der Waals surface area (Å²) in [7, 11) is 3.84. The van der Waals surface area contributed by atoms with Gasteiger partial charge in [0.05, 0.1) is 24.1 Å². The summed E-state index contributed by atoms with van der Waals surface area (Å²) in [4.78, 5) is 23.5. The zero-order valence-corrected chi connectivity index (χ0v) is 14.2.